The van der Waals surface area contributed by atoms with E-state index in [-0.39, 0.29) is 11.9 Å². The Morgan fingerprint density at radius 2 is 1.89 bits per heavy atom. The van der Waals surface area contributed by atoms with Gasteiger partial charge in [0.1, 0.15) is 18.2 Å². The highest BCUT2D eigenvalue weighted by Crippen LogP contribution is 2.29. The summed E-state index contributed by atoms with van der Waals surface area (Å²) in [6, 6.07) is 12.6. The van der Waals surface area contributed by atoms with Crippen molar-refractivity contribution in [1.82, 2.24) is 5.32 Å². The highest BCUT2D eigenvalue weighted by atomic mass is 19.1. The van der Waals surface area contributed by atoms with Crippen molar-refractivity contribution < 1.29 is 18.6 Å². The fourth-order valence-corrected chi connectivity index (χ4v) is 3.34. The predicted octanol–water partition coefficient (Wildman–Crippen LogP) is 5.10. The summed E-state index contributed by atoms with van der Waals surface area (Å²) >= 11 is 0. The molecule has 0 saturated heterocycles. The number of rotatable bonds is 10. The van der Waals surface area contributed by atoms with Crippen LogP contribution in [0, 0.1) is 5.82 Å². The molecule has 2 aromatic rings. The maximum Gasteiger partial charge on any atom is 0.164 e. The van der Waals surface area contributed by atoms with E-state index in [2.05, 4.69) is 17.4 Å². The van der Waals surface area contributed by atoms with E-state index in [0.29, 0.717) is 30.8 Å². The van der Waals surface area contributed by atoms with Gasteiger partial charge in [0, 0.05) is 19.2 Å². The van der Waals surface area contributed by atoms with E-state index < -0.39 is 0 Å². The van der Waals surface area contributed by atoms with E-state index in [1.54, 1.807) is 6.07 Å². The Morgan fingerprint density at radius 1 is 1.07 bits per heavy atom. The van der Waals surface area contributed by atoms with Crippen LogP contribution in [-0.4, -0.2) is 25.4 Å². The molecule has 4 nitrogen and oxygen atoms in total. The van der Waals surface area contributed by atoms with E-state index in [1.165, 1.54) is 30.5 Å². The van der Waals surface area contributed by atoms with Crippen molar-refractivity contribution in [2.75, 3.05) is 13.2 Å². The molecule has 5 heteroatoms. The van der Waals surface area contributed by atoms with Crippen LogP contribution in [0.25, 0.3) is 0 Å². The van der Waals surface area contributed by atoms with Gasteiger partial charge < -0.3 is 19.5 Å². The smallest absolute Gasteiger partial charge is 0.164 e. The van der Waals surface area contributed by atoms with Crippen LogP contribution in [0.1, 0.15) is 45.1 Å². The van der Waals surface area contributed by atoms with Gasteiger partial charge in [0.05, 0.1) is 12.2 Å². The van der Waals surface area contributed by atoms with Crippen molar-refractivity contribution in [3.05, 3.63) is 53.8 Å². The van der Waals surface area contributed by atoms with Crippen LogP contribution in [0.15, 0.2) is 42.5 Å². The summed E-state index contributed by atoms with van der Waals surface area (Å²) in [6.45, 7) is 5.66. The molecule has 0 spiro atoms. The Labute approximate surface area is 167 Å². The van der Waals surface area contributed by atoms with Gasteiger partial charge in [-0.15, -0.1) is 0 Å². The van der Waals surface area contributed by atoms with Crippen LogP contribution in [0.5, 0.6) is 17.2 Å². The molecule has 2 aromatic carbocycles. The summed E-state index contributed by atoms with van der Waals surface area (Å²) in [5.41, 5.74) is 1.17. The first-order valence-corrected chi connectivity index (χ1v) is 10.2. The van der Waals surface area contributed by atoms with E-state index in [4.69, 9.17) is 14.2 Å². The van der Waals surface area contributed by atoms with Crippen LogP contribution in [0.2, 0.25) is 0 Å². The van der Waals surface area contributed by atoms with Crippen molar-refractivity contribution in [3.63, 3.8) is 0 Å². The maximum absolute atomic E-state index is 13.5. The number of nitrogens with one attached hydrogen (secondary N) is 1. The largest absolute Gasteiger partial charge is 0.490 e. The van der Waals surface area contributed by atoms with Gasteiger partial charge in [-0.1, -0.05) is 12.1 Å². The zero-order valence-electron chi connectivity index (χ0n) is 16.7. The summed E-state index contributed by atoms with van der Waals surface area (Å²) < 4.78 is 30.9. The van der Waals surface area contributed by atoms with E-state index in [9.17, 15) is 4.39 Å². The molecule has 0 radical (unpaired) electrons. The molecule has 0 aliphatic heterocycles. The maximum atomic E-state index is 13.5. The molecule has 0 unspecified atom stereocenters. The topological polar surface area (TPSA) is 39.7 Å². The molecule has 3 rings (SSSR count). The van der Waals surface area contributed by atoms with E-state index in [1.807, 2.05) is 26.0 Å². The summed E-state index contributed by atoms with van der Waals surface area (Å²) in [7, 11) is 0. The average molecular weight is 387 g/mol. The standard InChI is InChI=1S/C23H30FNO3/c1-17(2)27-22-11-10-19(24)15-23(22)26-13-12-25-16-18-6-5-9-21(14-18)28-20-7-3-4-8-20/h5-6,9-11,14-15,17,20,25H,3-4,7-8,12-13,16H2,1-2H3. The van der Waals surface area contributed by atoms with Gasteiger partial charge in [-0.2, -0.15) is 0 Å². The van der Waals surface area contributed by atoms with Gasteiger partial charge in [0.2, 0.25) is 0 Å². The number of ether oxygens (including phenoxy) is 3. The third-order valence-corrected chi connectivity index (χ3v) is 4.64. The molecule has 0 aromatic heterocycles. The SMILES string of the molecule is CC(C)Oc1ccc(F)cc1OCCNCc1cccc(OC2CCCC2)c1. The highest BCUT2D eigenvalue weighted by molar-refractivity contribution is 5.40. The summed E-state index contributed by atoms with van der Waals surface area (Å²) in [5, 5.41) is 3.35. The first-order chi connectivity index (χ1) is 13.6. The molecule has 0 amide bonds. The quantitative estimate of drug-likeness (QED) is 0.576. The van der Waals surface area contributed by atoms with E-state index in [0.717, 1.165) is 25.1 Å². The number of hydrogen-bond acceptors (Lipinski definition) is 4. The normalized spacial score (nSPS) is 14.4. The molecule has 152 valence electrons. The molecule has 1 N–H and O–H groups in total. The van der Waals surface area contributed by atoms with Crippen LogP contribution in [-0.2, 0) is 6.54 Å². The van der Waals surface area contributed by atoms with Gasteiger partial charge in [0.15, 0.2) is 11.5 Å². The summed E-state index contributed by atoms with van der Waals surface area (Å²) in [4.78, 5) is 0. The minimum absolute atomic E-state index is 0.00432. The second-order valence-electron chi connectivity index (χ2n) is 7.45. The van der Waals surface area contributed by atoms with Gasteiger partial charge in [-0.3, -0.25) is 0 Å². The molecule has 1 aliphatic rings. The Balaban J connectivity index is 1.43. The third kappa shape index (κ3) is 6.41. The van der Waals surface area contributed by atoms with Crippen molar-refractivity contribution in [2.24, 2.45) is 0 Å². The van der Waals surface area contributed by atoms with Crippen molar-refractivity contribution >= 4 is 0 Å². The molecule has 0 bridgehead atoms. The fraction of sp³-hybridized carbons (Fsp3) is 0.478. The molecule has 1 fully saturated rings. The van der Waals surface area contributed by atoms with Gasteiger partial charge in [-0.05, 0) is 69.4 Å². The highest BCUT2D eigenvalue weighted by Gasteiger charge is 2.16. The van der Waals surface area contributed by atoms with Crippen molar-refractivity contribution in [2.45, 2.75) is 58.3 Å². The second-order valence-corrected chi connectivity index (χ2v) is 7.45. The molecule has 0 heterocycles. The molecular formula is C23H30FNO3. The zero-order valence-corrected chi connectivity index (χ0v) is 16.7. The Kier molecular flexibility index (Phi) is 7.54. The lowest BCUT2D eigenvalue weighted by molar-refractivity contribution is 0.210. The van der Waals surface area contributed by atoms with E-state index >= 15 is 0 Å². The van der Waals surface area contributed by atoms with Gasteiger partial charge in [-0.25, -0.2) is 4.39 Å². The Hall–Kier alpha value is -2.27. The monoisotopic (exact) mass is 387 g/mol. The molecule has 28 heavy (non-hydrogen) atoms. The number of halogens is 1. The molecular weight excluding hydrogens is 357 g/mol. The minimum atomic E-state index is -0.335. The van der Waals surface area contributed by atoms with Crippen LogP contribution in [0.4, 0.5) is 4.39 Å². The van der Waals surface area contributed by atoms with Crippen molar-refractivity contribution in [3.8, 4) is 17.2 Å². The first kappa shape index (κ1) is 20.5. The number of hydrogen-bond donors (Lipinski definition) is 1. The van der Waals surface area contributed by atoms with Crippen LogP contribution in [0.3, 0.4) is 0 Å². The summed E-state index contributed by atoms with van der Waals surface area (Å²) in [5.74, 6) is 1.60. The van der Waals surface area contributed by atoms with Crippen LogP contribution >= 0.6 is 0 Å². The lowest BCUT2D eigenvalue weighted by Crippen LogP contribution is -2.21. The third-order valence-electron chi connectivity index (χ3n) is 4.64. The lowest BCUT2D eigenvalue weighted by Gasteiger charge is -2.15. The first-order valence-electron chi connectivity index (χ1n) is 10.2. The van der Waals surface area contributed by atoms with Gasteiger partial charge in [0.25, 0.3) is 0 Å². The Morgan fingerprint density at radius 3 is 2.68 bits per heavy atom. The molecule has 1 saturated carbocycles. The predicted molar refractivity (Wildman–Crippen MR) is 109 cm³/mol. The zero-order chi connectivity index (χ0) is 19.8. The fourth-order valence-electron chi connectivity index (χ4n) is 3.34. The average Bonchev–Trinajstić information content (AvgIpc) is 3.16. The summed E-state index contributed by atoms with van der Waals surface area (Å²) in [6.07, 6.45) is 5.21. The lowest BCUT2D eigenvalue weighted by atomic mass is 10.2. The minimum Gasteiger partial charge on any atom is -0.490 e. The van der Waals surface area contributed by atoms with Crippen LogP contribution < -0.4 is 19.5 Å². The Bertz CT molecular complexity index is 744. The molecule has 1 aliphatic carbocycles. The molecule has 0 atom stereocenters. The van der Waals surface area contributed by atoms with Crippen molar-refractivity contribution in [1.29, 1.82) is 0 Å². The number of benzene rings is 2. The van der Waals surface area contributed by atoms with Gasteiger partial charge >= 0.3 is 0 Å². The second kappa shape index (κ2) is 10.3.